The topological polar surface area (TPSA) is 122 Å². The molecule has 2 aromatic heterocycles. The van der Waals surface area contributed by atoms with Gasteiger partial charge in [0, 0.05) is 39.5 Å². The fourth-order valence-corrected chi connectivity index (χ4v) is 8.99. The average molecular weight is 605 g/mol. The summed E-state index contributed by atoms with van der Waals surface area (Å²) in [7, 11) is -8.62. The number of aromatic nitrogens is 1. The van der Waals surface area contributed by atoms with Crippen molar-refractivity contribution in [1.29, 1.82) is 0 Å². The van der Waals surface area contributed by atoms with Gasteiger partial charge in [0.1, 0.15) is 4.70 Å². The summed E-state index contributed by atoms with van der Waals surface area (Å²) < 4.78 is 71.4. The van der Waals surface area contributed by atoms with E-state index >= 15 is 0 Å². The van der Waals surface area contributed by atoms with Crippen molar-refractivity contribution in [2.45, 2.75) is 24.3 Å². The van der Waals surface area contributed by atoms with Crippen LogP contribution >= 0.6 is 34.4 Å². The number of hydrogen-bond donors (Lipinski definition) is 0. The van der Waals surface area contributed by atoms with Gasteiger partial charge in [0.2, 0.25) is 0 Å². The summed E-state index contributed by atoms with van der Waals surface area (Å²) in [6.45, 7) is 0.744. The van der Waals surface area contributed by atoms with Gasteiger partial charge in [-0.3, -0.25) is 0 Å². The molecule has 8 nitrogen and oxygen atoms in total. The number of thiophene rings is 1. The third kappa shape index (κ3) is 6.78. The van der Waals surface area contributed by atoms with Crippen LogP contribution in [0.4, 0.5) is 5.69 Å². The van der Waals surface area contributed by atoms with Crippen molar-refractivity contribution in [2.24, 2.45) is 0 Å². The van der Waals surface area contributed by atoms with Gasteiger partial charge < -0.3 is 14.0 Å². The molecule has 14 heteroatoms. The molecule has 0 N–H and O–H groups in total. The summed E-state index contributed by atoms with van der Waals surface area (Å²) in [6.07, 6.45) is 2.42. The third-order valence-electron chi connectivity index (χ3n) is 5.69. The van der Waals surface area contributed by atoms with Crippen LogP contribution in [-0.2, 0) is 26.8 Å². The SMILES string of the molecule is O=S(=O)([O-])CCCN1/C(=C/c2sc3c4ccccc4sc3[n+]2CCCS(=O)(=O)[O-])Sc2ccccc21.[Na+]. The summed E-state index contributed by atoms with van der Waals surface area (Å²) in [5, 5.41) is 2.92. The van der Waals surface area contributed by atoms with Crippen LogP contribution in [0.1, 0.15) is 17.8 Å². The average Bonchev–Trinajstić information content (AvgIpc) is 3.43. The van der Waals surface area contributed by atoms with Crippen LogP contribution in [0.3, 0.4) is 0 Å². The molecule has 0 aliphatic carbocycles. The van der Waals surface area contributed by atoms with Crippen LogP contribution in [-0.4, -0.2) is 44.0 Å². The van der Waals surface area contributed by atoms with Crippen LogP contribution in [0.2, 0.25) is 0 Å². The van der Waals surface area contributed by atoms with E-state index in [1.807, 2.05) is 53.4 Å². The minimum absolute atomic E-state index is 0. The van der Waals surface area contributed by atoms with Gasteiger partial charge in [-0.25, -0.2) is 16.8 Å². The number of thioether (sulfide) groups is 1. The van der Waals surface area contributed by atoms with E-state index in [4.69, 9.17) is 0 Å². The first kappa shape index (κ1) is 29.0. The standard InChI is InChI=1S/C23H22N2O6S5.Na/c26-35(27,28)13-5-11-24-17-8-2-4-10-19(17)32-20(24)15-21-25(12-6-14-36(29,30)31)23-22(34-21)16-7-1-3-9-18(16)33-23;/h1-4,7-10,15H,5-6,11-14H2,(H-,26,27,28,29,30,31);/q;+1/p-1. The Kier molecular flexibility index (Phi) is 9.11. The maximum Gasteiger partial charge on any atom is 1.00 e. The molecule has 4 aromatic rings. The number of thiazole rings is 1. The maximum absolute atomic E-state index is 11.2. The van der Waals surface area contributed by atoms with E-state index in [1.165, 1.54) is 0 Å². The first-order chi connectivity index (χ1) is 17.1. The minimum atomic E-state index is -4.32. The molecule has 0 amide bonds. The van der Waals surface area contributed by atoms with Crippen molar-refractivity contribution in [1.82, 2.24) is 0 Å². The van der Waals surface area contributed by atoms with Gasteiger partial charge in [0.05, 0.1) is 37.0 Å². The largest absolute Gasteiger partial charge is 1.00 e. The Morgan fingerprint density at radius 3 is 2.32 bits per heavy atom. The zero-order chi connectivity index (χ0) is 25.5. The predicted octanol–water partition coefficient (Wildman–Crippen LogP) is 1.19. The maximum atomic E-state index is 11.2. The minimum Gasteiger partial charge on any atom is -0.748 e. The number of benzene rings is 2. The molecule has 3 heterocycles. The molecule has 0 unspecified atom stereocenters. The molecule has 2 aromatic carbocycles. The van der Waals surface area contributed by atoms with Crippen molar-refractivity contribution in [2.75, 3.05) is 23.0 Å². The second-order valence-electron chi connectivity index (χ2n) is 8.26. The fourth-order valence-electron chi connectivity index (χ4n) is 4.16. The van der Waals surface area contributed by atoms with Gasteiger partial charge in [0.25, 0.3) is 9.84 Å². The Balaban J connectivity index is 0.00000320. The summed E-state index contributed by atoms with van der Waals surface area (Å²) in [5.41, 5.74) is 0.949. The van der Waals surface area contributed by atoms with Crippen molar-refractivity contribution in [3.63, 3.8) is 0 Å². The van der Waals surface area contributed by atoms with E-state index in [0.29, 0.717) is 13.1 Å². The van der Waals surface area contributed by atoms with Crippen LogP contribution in [0.15, 0.2) is 58.5 Å². The van der Waals surface area contributed by atoms with Crippen LogP contribution in [0, 0.1) is 0 Å². The normalized spacial score (nSPS) is 15.0. The number of aryl methyl sites for hydroxylation is 1. The molecule has 190 valence electrons. The number of hydrogen-bond acceptors (Lipinski definition) is 10. The van der Waals surface area contributed by atoms with Crippen LogP contribution in [0.25, 0.3) is 25.7 Å². The Hall–Kier alpha value is -1.000. The number of anilines is 1. The zero-order valence-corrected chi connectivity index (χ0v) is 25.9. The molecule has 0 fully saturated rings. The molecule has 0 bridgehead atoms. The summed E-state index contributed by atoms with van der Waals surface area (Å²) in [4.78, 5) is 4.06. The van der Waals surface area contributed by atoms with Crippen molar-refractivity contribution >= 4 is 86.1 Å². The molecule has 0 spiro atoms. The number of fused-ring (bicyclic) bond motifs is 4. The van der Waals surface area contributed by atoms with E-state index in [1.54, 1.807) is 34.4 Å². The first-order valence-corrected chi connectivity index (χ1v) is 16.7. The second-order valence-corrected chi connectivity index (χ2v) is 14.4. The Labute approximate surface area is 249 Å². The Morgan fingerprint density at radius 2 is 1.57 bits per heavy atom. The molecule has 0 saturated carbocycles. The molecule has 0 saturated heterocycles. The molecule has 0 radical (unpaired) electrons. The van der Waals surface area contributed by atoms with Gasteiger partial charge in [-0.05, 0) is 24.6 Å². The summed E-state index contributed by atoms with van der Waals surface area (Å²) in [5.74, 6) is -0.873. The van der Waals surface area contributed by atoms with Gasteiger partial charge in [-0.1, -0.05) is 64.8 Å². The smallest absolute Gasteiger partial charge is 0.748 e. The third-order valence-corrected chi connectivity index (χ3v) is 10.9. The number of rotatable bonds is 9. The predicted molar refractivity (Wildman–Crippen MR) is 143 cm³/mol. The van der Waals surface area contributed by atoms with E-state index in [9.17, 15) is 25.9 Å². The van der Waals surface area contributed by atoms with E-state index < -0.39 is 31.7 Å². The van der Waals surface area contributed by atoms with E-state index in [-0.39, 0.29) is 42.4 Å². The first-order valence-electron chi connectivity index (χ1n) is 11.1. The molecule has 5 rings (SSSR count). The molecule has 1 aliphatic rings. The Bertz CT molecular complexity index is 1700. The zero-order valence-electron chi connectivity index (χ0n) is 19.8. The Morgan fingerprint density at radius 1 is 0.892 bits per heavy atom. The van der Waals surface area contributed by atoms with Gasteiger partial charge in [0.15, 0.2) is 6.54 Å². The van der Waals surface area contributed by atoms with Gasteiger partial charge >= 0.3 is 29.6 Å². The number of para-hydroxylation sites is 1. The van der Waals surface area contributed by atoms with Gasteiger partial charge in [-0.2, -0.15) is 4.57 Å². The molecular weight excluding hydrogens is 584 g/mol. The van der Waals surface area contributed by atoms with Crippen LogP contribution in [0.5, 0.6) is 0 Å². The summed E-state index contributed by atoms with van der Waals surface area (Å²) >= 11 is 4.78. The van der Waals surface area contributed by atoms with E-state index in [2.05, 4.69) is 10.6 Å². The molecular formula is C23H21N2NaO6S5. The van der Waals surface area contributed by atoms with Crippen LogP contribution < -0.4 is 39.0 Å². The fraction of sp³-hybridized carbons (Fsp3) is 0.261. The molecule has 1 aliphatic heterocycles. The molecule has 0 atom stereocenters. The summed E-state index contributed by atoms with van der Waals surface area (Å²) in [6, 6.07) is 15.9. The quantitative estimate of drug-likeness (QED) is 0.159. The van der Waals surface area contributed by atoms with Crippen molar-refractivity contribution < 1.29 is 60.1 Å². The monoisotopic (exact) mass is 604 g/mol. The number of nitrogens with zero attached hydrogens (tertiary/aromatic N) is 2. The van der Waals surface area contributed by atoms with Crippen molar-refractivity contribution in [3.8, 4) is 0 Å². The molecule has 37 heavy (non-hydrogen) atoms. The second kappa shape index (κ2) is 11.6. The van der Waals surface area contributed by atoms with Gasteiger partial charge in [-0.15, -0.1) is 0 Å². The van der Waals surface area contributed by atoms with E-state index in [0.717, 1.165) is 40.2 Å². The van der Waals surface area contributed by atoms with Crippen molar-refractivity contribution in [3.05, 3.63) is 58.6 Å².